The highest BCUT2D eigenvalue weighted by atomic mass is 19.4. The molecule has 16 heteroatoms. The Balaban J connectivity index is 0.000000745. The number of carbonyl (C=O) groups excluding carboxylic acids is 2. The van der Waals surface area contributed by atoms with Crippen molar-refractivity contribution in [3.63, 3.8) is 0 Å². The Morgan fingerprint density at radius 1 is 1.05 bits per heavy atom. The van der Waals surface area contributed by atoms with Crippen LogP contribution in [0.15, 0.2) is 29.1 Å². The molecule has 3 aromatic rings. The number of esters is 1. The lowest BCUT2D eigenvalue weighted by molar-refractivity contribution is -0.192. The predicted octanol–water partition coefficient (Wildman–Crippen LogP) is 3.13. The number of carbonyl (C=O) groups is 3. The molecule has 0 aliphatic rings. The number of nitrogens with one attached hydrogen (secondary N) is 5. The monoisotopic (exact) mass is 584 g/mol. The molecule has 0 atom stereocenters. The summed E-state index contributed by atoms with van der Waals surface area (Å²) in [5, 5.41) is 19.2. The Morgan fingerprint density at radius 3 is 2.12 bits per heavy atom. The number of methoxy groups -OCH3 is 1. The zero-order valence-corrected chi connectivity index (χ0v) is 22.9. The molecule has 1 aromatic carbocycles. The third-order valence-corrected chi connectivity index (χ3v) is 5.13. The SMILES string of the molecule is CCc1c(C(=O)OC(C)(C)C)[nH]c(CNc2ccc(OC)cc2)c1C(=O)NCc1n[nH]c(=O)[nH]1.O=C(O)C(F)(F)F. The van der Waals surface area contributed by atoms with Crippen LogP contribution in [0.5, 0.6) is 5.75 Å². The minimum absolute atomic E-state index is 0.0129. The average molecular weight is 585 g/mol. The fourth-order valence-electron chi connectivity index (χ4n) is 3.40. The van der Waals surface area contributed by atoms with Gasteiger partial charge in [-0.1, -0.05) is 6.92 Å². The van der Waals surface area contributed by atoms with Gasteiger partial charge in [-0.05, 0) is 57.0 Å². The van der Waals surface area contributed by atoms with Gasteiger partial charge in [-0.2, -0.15) is 18.3 Å². The number of hydrogen-bond donors (Lipinski definition) is 6. The Morgan fingerprint density at radius 2 is 1.66 bits per heavy atom. The molecular weight excluding hydrogens is 553 g/mol. The van der Waals surface area contributed by atoms with Crippen molar-refractivity contribution in [1.82, 2.24) is 25.5 Å². The number of aliphatic carboxylic acids is 1. The number of benzene rings is 1. The highest BCUT2D eigenvalue weighted by Crippen LogP contribution is 2.25. The van der Waals surface area contributed by atoms with Gasteiger partial charge in [-0.3, -0.25) is 9.78 Å². The van der Waals surface area contributed by atoms with Crippen molar-refractivity contribution in [2.45, 2.75) is 59.0 Å². The van der Waals surface area contributed by atoms with E-state index in [9.17, 15) is 27.6 Å². The largest absolute Gasteiger partial charge is 0.497 e. The van der Waals surface area contributed by atoms with Crippen LogP contribution in [0.3, 0.4) is 0 Å². The first-order valence-corrected chi connectivity index (χ1v) is 12.1. The Labute approximate surface area is 231 Å². The lowest BCUT2D eigenvalue weighted by atomic mass is 10.0. The smallest absolute Gasteiger partial charge is 0.490 e. The minimum atomic E-state index is -5.08. The number of aromatic nitrogens is 4. The second-order valence-corrected chi connectivity index (χ2v) is 9.38. The van der Waals surface area contributed by atoms with Crippen molar-refractivity contribution in [3.8, 4) is 5.75 Å². The number of hydrogen-bond acceptors (Lipinski definition) is 8. The van der Waals surface area contributed by atoms with E-state index in [1.165, 1.54) is 0 Å². The number of carboxylic acids is 1. The molecule has 13 nitrogen and oxygen atoms in total. The molecule has 0 unspecified atom stereocenters. The van der Waals surface area contributed by atoms with Gasteiger partial charge in [0.25, 0.3) is 5.91 Å². The lowest BCUT2D eigenvalue weighted by Crippen LogP contribution is -2.26. The number of halogens is 3. The van der Waals surface area contributed by atoms with Gasteiger partial charge in [-0.15, -0.1) is 0 Å². The number of alkyl halides is 3. The maximum Gasteiger partial charge on any atom is 0.490 e. The molecule has 41 heavy (non-hydrogen) atoms. The molecule has 0 aliphatic carbocycles. The quantitative estimate of drug-likeness (QED) is 0.205. The number of anilines is 1. The van der Waals surface area contributed by atoms with Crippen molar-refractivity contribution < 1.29 is 42.1 Å². The van der Waals surface area contributed by atoms with Gasteiger partial charge in [-0.25, -0.2) is 19.5 Å². The van der Waals surface area contributed by atoms with Gasteiger partial charge in [0.2, 0.25) is 0 Å². The Kier molecular flexibility index (Phi) is 10.7. The van der Waals surface area contributed by atoms with Crippen molar-refractivity contribution in [2.24, 2.45) is 0 Å². The van der Waals surface area contributed by atoms with E-state index in [1.54, 1.807) is 27.9 Å². The van der Waals surface area contributed by atoms with Crippen molar-refractivity contribution >= 4 is 23.5 Å². The zero-order valence-electron chi connectivity index (χ0n) is 22.9. The summed E-state index contributed by atoms with van der Waals surface area (Å²) >= 11 is 0. The molecule has 0 saturated carbocycles. The summed E-state index contributed by atoms with van der Waals surface area (Å²) in [6, 6.07) is 7.34. The first kappa shape index (κ1) is 32.5. The molecular formula is C25H31F3N6O7. The summed E-state index contributed by atoms with van der Waals surface area (Å²) in [5.41, 5.74) is 1.33. The number of carboxylic acid groups (broad SMARTS) is 1. The van der Waals surface area contributed by atoms with Crippen LogP contribution < -0.4 is 21.1 Å². The number of H-pyrrole nitrogens is 3. The number of ether oxygens (including phenoxy) is 2. The number of nitrogens with zero attached hydrogens (tertiary/aromatic N) is 1. The summed E-state index contributed by atoms with van der Waals surface area (Å²) in [5.74, 6) is -2.68. The Hall–Kier alpha value is -4.76. The highest BCUT2D eigenvalue weighted by Gasteiger charge is 2.38. The zero-order chi connectivity index (χ0) is 31.0. The minimum Gasteiger partial charge on any atom is -0.497 e. The molecule has 0 aliphatic heterocycles. The topological polar surface area (TPSA) is 191 Å². The van der Waals surface area contributed by atoms with Crippen molar-refractivity contribution in [3.05, 3.63) is 63.1 Å². The van der Waals surface area contributed by atoms with E-state index in [4.69, 9.17) is 19.4 Å². The van der Waals surface area contributed by atoms with E-state index in [-0.39, 0.29) is 24.6 Å². The van der Waals surface area contributed by atoms with Crippen molar-refractivity contribution in [2.75, 3.05) is 12.4 Å². The summed E-state index contributed by atoms with van der Waals surface area (Å²) < 4.78 is 42.5. The van der Waals surface area contributed by atoms with E-state index >= 15 is 0 Å². The highest BCUT2D eigenvalue weighted by molar-refractivity contribution is 6.01. The van der Waals surface area contributed by atoms with E-state index in [2.05, 4.69) is 30.8 Å². The van der Waals surface area contributed by atoms with Gasteiger partial charge in [0.15, 0.2) is 0 Å². The predicted molar refractivity (Wildman–Crippen MR) is 140 cm³/mol. The molecule has 0 radical (unpaired) electrons. The average Bonchev–Trinajstić information content (AvgIpc) is 3.48. The molecule has 224 valence electrons. The lowest BCUT2D eigenvalue weighted by Gasteiger charge is -2.19. The van der Waals surface area contributed by atoms with Gasteiger partial charge >= 0.3 is 23.8 Å². The first-order chi connectivity index (χ1) is 19.1. The third-order valence-electron chi connectivity index (χ3n) is 5.13. The van der Waals surface area contributed by atoms with Crippen molar-refractivity contribution in [1.29, 1.82) is 0 Å². The number of amides is 1. The fraction of sp³-hybridized carbons (Fsp3) is 0.400. The van der Waals surface area contributed by atoms with E-state index < -0.39 is 35.3 Å². The second kappa shape index (κ2) is 13.5. The van der Waals surface area contributed by atoms with E-state index in [0.717, 1.165) is 11.4 Å². The van der Waals surface area contributed by atoms with Crippen LogP contribution >= 0.6 is 0 Å². The maximum atomic E-state index is 13.2. The molecule has 2 aromatic heterocycles. The van der Waals surface area contributed by atoms with Crippen LogP contribution in [0.1, 0.15) is 65.6 Å². The summed E-state index contributed by atoms with van der Waals surface area (Å²) in [7, 11) is 1.59. The molecule has 0 bridgehead atoms. The second-order valence-electron chi connectivity index (χ2n) is 9.38. The first-order valence-electron chi connectivity index (χ1n) is 12.1. The molecule has 2 heterocycles. The third kappa shape index (κ3) is 9.74. The molecule has 0 saturated heterocycles. The van der Waals surface area contributed by atoms with E-state index in [0.29, 0.717) is 23.2 Å². The summed E-state index contributed by atoms with van der Waals surface area (Å²) in [6.07, 6.45) is -4.66. The van der Waals surface area contributed by atoms with Crippen LogP contribution in [-0.4, -0.2) is 62.0 Å². The Bertz CT molecular complexity index is 1400. The van der Waals surface area contributed by atoms with Crippen LogP contribution in [0, 0.1) is 0 Å². The van der Waals surface area contributed by atoms with Crippen LogP contribution in [0.4, 0.5) is 18.9 Å². The molecule has 6 N–H and O–H groups in total. The molecule has 3 rings (SSSR count). The van der Waals surface area contributed by atoms with E-state index in [1.807, 2.05) is 31.2 Å². The van der Waals surface area contributed by atoms with Gasteiger partial charge < -0.3 is 30.2 Å². The summed E-state index contributed by atoms with van der Waals surface area (Å²) in [4.78, 5) is 51.8. The van der Waals surface area contributed by atoms with Gasteiger partial charge in [0, 0.05) is 11.4 Å². The fourth-order valence-corrected chi connectivity index (χ4v) is 3.40. The standard InChI is InChI=1S/C23H30N6O5.C2HF3O2/c1-6-15-18(20(30)25-12-17-27-22(32)29-28-17)16(26-19(15)21(31)34-23(2,3)4)11-24-13-7-9-14(33-5)10-8-13;3-2(4,5)1(6)7/h7-10,24,26H,6,11-12H2,1-5H3,(H,25,30)(H2,27,28,29,32);(H,6,7). The molecule has 0 fully saturated rings. The van der Waals surface area contributed by atoms with Crippen LogP contribution in [0.25, 0.3) is 0 Å². The molecule has 1 amide bonds. The van der Waals surface area contributed by atoms with Crippen LogP contribution in [-0.2, 0) is 29.0 Å². The van der Waals surface area contributed by atoms with Gasteiger partial charge in [0.05, 0.1) is 25.8 Å². The molecule has 0 spiro atoms. The maximum absolute atomic E-state index is 13.2. The number of aromatic amines is 3. The number of rotatable bonds is 9. The normalized spacial score (nSPS) is 11.2. The van der Waals surface area contributed by atoms with Gasteiger partial charge in [0.1, 0.15) is 22.9 Å². The summed E-state index contributed by atoms with van der Waals surface area (Å²) in [6.45, 7) is 7.47. The van der Waals surface area contributed by atoms with Crippen LogP contribution in [0.2, 0.25) is 0 Å².